The summed E-state index contributed by atoms with van der Waals surface area (Å²) in [7, 11) is 1.56. The first-order valence-electron chi connectivity index (χ1n) is 5.68. The Balaban J connectivity index is 2.52. The highest BCUT2D eigenvalue weighted by Crippen LogP contribution is 2.20. The van der Waals surface area contributed by atoms with Crippen LogP contribution in [0.5, 0.6) is 0 Å². The maximum Gasteiger partial charge on any atom is 0.326 e. The summed E-state index contributed by atoms with van der Waals surface area (Å²) < 4.78 is 5.02. The highest BCUT2D eigenvalue weighted by Gasteiger charge is 2.38. The Morgan fingerprint density at radius 3 is 2.71 bits per heavy atom. The molecule has 6 nitrogen and oxygen atoms in total. The lowest BCUT2D eigenvalue weighted by Crippen LogP contribution is -2.40. The van der Waals surface area contributed by atoms with Crippen molar-refractivity contribution in [3.05, 3.63) is 0 Å². The van der Waals surface area contributed by atoms with Crippen LogP contribution in [0.15, 0.2) is 0 Å². The average molecular weight is 245 g/mol. The van der Waals surface area contributed by atoms with Gasteiger partial charge < -0.3 is 19.8 Å². The summed E-state index contributed by atoms with van der Waals surface area (Å²) in [5.74, 6) is -1.30. The molecule has 6 heteroatoms. The van der Waals surface area contributed by atoms with Crippen LogP contribution in [-0.4, -0.2) is 58.9 Å². The van der Waals surface area contributed by atoms with Crippen molar-refractivity contribution in [1.82, 2.24) is 4.90 Å². The summed E-state index contributed by atoms with van der Waals surface area (Å²) in [4.78, 5) is 24.0. The zero-order valence-electron chi connectivity index (χ0n) is 10.1. The number of carbonyl (C=O) groups is 2. The Labute approximate surface area is 100 Å². The second kappa shape index (κ2) is 5.97. The third-order valence-electron chi connectivity index (χ3n) is 3.05. The van der Waals surface area contributed by atoms with Crippen molar-refractivity contribution in [1.29, 1.82) is 0 Å². The van der Waals surface area contributed by atoms with E-state index in [4.69, 9.17) is 9.84 Å². The number of ether oxygens (including phenoxy) is 1. The first-order valence-corrected chi connectivity index (χ1v) is 5.68. The quantitative estimate of drug-likeness (QED) is 0.703. The number of likely N-dealkylation sites (tertiary alicyclic amines) is 1. The number of carbonyl (C=O) groups excluding carboxylic acids is 1. The smallest absolute Gasteiger partial charge is 0.326 e. The third kappa shape index (κ3) is 3.67. The van der Waals surface area contributed by atoms with Gasteiger partial charge in [-0.15, -0.1) is 0 Å². The van der Waals surface area contributed by atoms with E-state index < -0.39 is 18.1 Å². The summed E-state index contributed by atoms with van der Waals surface area (Å²) >= 11 is 0. The molecular formula is C11H19NO5. The number of nitrogens with zero attached hydrogens (tertiary/aromatic N) is 1. The van der Waals surface area contributed by atoms with Gasteiger partial charge in [0.2, 0.25) is 5.91 Å². The highest BCUT2D eigenvalue weighted by atomic mass is 16.5. The van der Waals surface area contributed by atoms with Crippen LogP contribution < -0.4 is 0 Å². The van der Waals surface area contributed by atoms with Crippen molar-refractivity contribution < 1.29 is 24.5 Å². The second-order valence-electron chi connectivity index (χ2n) is 4.37. The minimum absolute atomic E-state index is 0.0326. The van der Waals surface area contributed by atoms with Gasteiger partial charge in [0.15, 0.2) is 0 Å². The minimum Gasteiger partial charge on any atom is -0.480 e. The maximum absolute atomic E-state index is 11.8. The van der Waals surface area contributed by atoms with Crippen molar-refractivity contribution >= 4 is 11.9 Å². The number of carboxylic acid groups (broad SMARTS) is 1. The van der Waals surface area contributed by atoms with Crippen molar-refractivity contribution in [2.24, 2.45) is 0 Å². The van der Waals surface area contributed by atoms with Crippen LogP contribution >= 0.6 is 0 Å². The van der Waals surface area contributed by atoms with Crippen LogP contribution in [0.4, 0.5) is 0 Å². The van der Waals surface area contributed by atoms with Crippen LogP contribution in [0.3, 0.4) is 0 Å². The molecule has 0 bridgehead atoms. The van der Waals surface area contributed by atoms with E-state index in [1.807, 2.05) is 6.92 Å². The van der Waals surface area contributed by atoms with Crippen molar-refractivity contribution in [3.63, 3.8) is 0 Å². The van der Waals surface area contributed by atoms with Gasteiger partial charge in [-0.25, -0.2) is 4.79 Å². The standard InChI is InChI=1S/C11H19NO5/c1-7(17-2)3-4-10(14)12-6-8(13)5-9(12)11(15)16/h7-9,13H,3-6H2,1-2H3,(H,15,16)/t7?,8-,9-/m0/s1. The van der Waals surface area contributed by atoms with Gasteiger partial charge >= 0.3 is 5.97 Å². The minimum atomic E-state index is -1.06. The van der Waals surface area contributed by atoms with E-state index in [1.54, 1.807) is 7.11 Å². The fourth-order valence-corrected chi connectivity index (χ4v) is 1.91. The van der Waals surface area contributed by atoms with Crippen LogP contribution in [0.2, 0.25) is 0 Å². The van der Waals surface area contributed by atoms with Gasteiger partial charge in [0.25, 0.3) is 0 Å². The van der Waals surface area contributed by atoms with Gasteiger partial charge in [-0.3, -0.25) is 4.79 Å². The van der Waals surface area contributed by atoms with Gasteiger partial charge in [-0.1, -0.05) is 0 Å². The average Bonchev–Trinajstić information content (AvgIpc) is 2.67. The molecule has 17 heavy (non-hydrogen) atoms. The SMILES string of the molecule is COC(C)CCC(=O)N1C[C@@H](O)C[C@H]1C(=O)O. The molecule has 1 unspecified atom stereocenters. The van der Waals surface area contributed by atoms with Gasteiger partial charge in [-0.05, 0) is 13.3 Å². The van der Waals surface area contributed by atoms with E-state index in [0.29, 0.717) is 6.42 Å². The topological polar surface area (TPSA) is 87.1 Å². The predicted molar refractivity (Wildman–Crippen MR) is 59.5 cm³/mol. The number of aliphatic hydroxyl groups is 1. The van der Waals surface area contributed by atoms with Gasteiger partial charge in [0.05, 0.1) is 12.2 Å². The van der Waals surface area contributed by atoms with Crippen LogP contribution in [-0.2, 0) is 14.3 Å². The molecule has 0 aromatic heterocycles. The molecule has 2 N–H and O–H groups in total. The summed E-state index contributed by atoms with van der Waals surface area (Å²) in [5, 5.41) is 18.4. The van der Waals surface area contributed by atoms with Crippen molar-refractivity contribution in [2.45, 2.75) is 44.4 Å². The molecule has 1 rings (SSSR count). The van der Waals surface area contributed by atoms with Crippen LogP contribution in [0, 0.1) is 0 Å². The Hall–Kier alpha value is -1.14. The number of carboxylic acids is 1. The lowest BCUT2D eigenvalue weighted by molar-refractivity contribution is -0.148. The molecule has 0 saturated carbocycles. The fourth-order valence-electron chi connectivity index (χ4n) is 1.91. The molecule has 0 radical (unpaired) electrons. The first kappa shape index (κ1) is 13.9. The van der Waals surface area contributed by atoms with Gasteiger partial charge in [0.1, 0.15) is 6.04 Å². The van der Waals surface area contributed by atoms with Crippen molar-refractivity contribution in [2.75, 3.05) is 13.7 Å². The number of methoxy groups -OCH3 is 1. The molecule has 0 spiro atoms. The fraction of sp³-hybridized carbons (Fsp3) is 0.818. The predicted octanol–water partition coefficient (Wildman–Crippen LogP) is -0.152. The van der Waals surface area contributed by atoms with E-state index >= 15 is 0 Å². The first-order chi connectivity index (χ1) is 7.95. The second-order valence-corrected chi connectivity index (χ2v) is 4.37. The molecule has 0 aromatic rings. The number of aliphatic hydroxyl groups excluding tert-OH is 1. The van der Waals surface area contributed by atoms with E-state index in [1.165, 1.54) is 4.90 Å². The summed E-state index contributed by atoms with van der Waals surface area (Å²) in [5.41, 5.74) is 0. The molecule has 1 heterocycles. The van der Waals surface area contributed by atoms with E-state index in [2.05, 4.69) is 0 Å². The Morgan fingerprint density at radius 1 is 1.53 bits per heavy atom. The molecular weight excluding hydrogens is 226 g/mol. The zero-order chi connectivity index (χ0) is 13.0. The monoisotopic (exact) mass is 245 g/mol. The molecule has 98 valence electrons. The number of rotatable bonds is 5. The Bertz CT molecular complexity index is 294. The number of amides is 1. The van der Waals surface area contributed by atoms with E-state index in [0.717, 1.165) is 0 Å². The molecule has 1 fully saturated rings. The molecule has 1 aliphatic heterocycles. The van der Waals surface area contributed by atoms with Gasteiger partial charge in [-0.2, -0.15) is 0 Å². The lowest BCUT2D eigenvalue weighted by Gasteiger charge is -2.21. The molecule has 1 amide bonds. The Morgan fingerprint density at radius 2 is 2.18 bits per heavy atom. The zero-order valence-corrected chi connectivity index (χ0v) is 10.1. The van der Waals surface area contributed by atoms with E-state index in [9.17, 15) is 14.7 Å². The normalized spacial score (nSPS) is 25.9. The van der Waals surface area contributed by atoms with Gasteiger partial charge in [0, 0.05) is 26.5 Å². The largest absolute Gasteiger partial charge is 0.480 e. The van der Waals surface area contributed by atoms with Crippen LogP contribution in [0.1, 0.15) is 26.2 Å². The van der Waals surface area contributed by atoms with E-state index in [-0.39, 0.29) is 31.4 Å². The summed E-state index contributed by atoms with van der Waals surface area (Å²) in [6.07, 6.45) is 0.135. The summed E-state index contributed by atoms with van der Waals surface area (Å²) in [6.45, 7) is 1.96. The Kier molecular flexibility index (Phi) is 4.89. The molecule has 3 atom stereocenters. The number of aliphatic carboxylic acids is 1. The maximum atomic E-state index is 11.8. The lowest BCUT2D eigenvalue weighted by atomic mass is 10.1. The molecule has 1 saturated heterocycles. The number of hydrogen-bond acceptors (Lipinski definition) is 4. The number of hydrogen-bond donors (Lipinski definition) is 2. The molecule has 0 aromatic carbocycles. The highest BCUT2D eigenvalue weighted by molar-refractivity contribution is 5.84. The van der Waals surface area contributed by atoms with Crippen LogP contribution in [0.25, 0.3) is 0 Å². The third-order valence-corrected chi connectivity index (χ3v) is 3.05. The number of β-amino-alcohol motifs (C(OH)–C–C–N with tert-alkyl or cyclic N) is 1. The molecule has 1 aliphatic rings. The molecule has 0 aliphatic carbocycles. The van der Waals surface area contributed by atoms with Crippen molar-refractivity contribution in [3.8, 4) is 0 Å². The summed E-state index contributed by atoms with van der Waals surface area (Å²) in [6, 6.07) is -0.893.